The van der Waals surface area contributed by atoms with Crippen molar-refractivity contribution in [3.63, 3.8) is 0 Å². The van der Waals surface area contributed by atoms with E-state index >= 15 is 0 Å². The lowest BCUT2D eigenvalue weighted by molar-refractivity contribution is -0.120. The second-order valence-electron chi connectivity index (χ2n) is 6.27. The van der Waals surface area contributed by atoms with Crippen LogP contribution in [0.1, 0.15) is 16.3 Å². The molecule has 0 spiro atoms. The molecule has 2 N–H and O–H groups in total. The number of H-pyrrole nitrogens is 1. The number of benzene rings is 2. The summed E-state index contributed by atoms with van der Waals surface area (Å²) in [6.07, 6.45) is 0.932. The molecule has 0 unspecified atom stereocenters. The molecule has 0 atom stereocenters. The van der Waals surface area contributed by atoms with Crippen LogP contribution in [0, 0.1) is 12.7 Å². The van der Waals surface area contributed by atoms with Gasteiger partial charge in [0.25, 0.3) is 0 Å². The fourth-order valence-corrected chi connectivity index (χ4v) is 4.11. The monoisotopic (exact) mass is 367 g/mol. The lowest BCUT2D eigenvalue weighted by Crippen LogP contribution is -2.27. The second kappa shape index (κ2) is 6.88. The van der Waals surface area contributed by atoms with Crippen LogP contribution in [0.3, 0.4) is 0 Å². The number of hydrogen-bond donors (Lipinski definition) is 2. The van der Waals surface area contributed by atoms with Crippen LogP contribution in [0.2, 0.25) is 0 Å². The summed E-state index contributed by atoms with van der Waals surface area (Å²) in [4.78, 5) is 20.1. The molecule has 6 heteroatoms. The Kier molecular flexibility index (Phi) is 4.42. The summed E-state index contributed by atoms with van der Waals surface area (Å²) in [5.41, 5.74) is 3.58. The zero-order valence-corrected chi connectivity index (χ0v) is 15.1. The number of rotatable bonds is 5. The zero-order valence-electron chi connectivity index (χ0n) is 14.3. The first kappa shape index (κ1) is 16.7. The van der Waals surface area contributed by atoms with E-state index < -0.39 is 0 Å². The Bertz CT molecular complexity index is 1070. The molecule has 0 saturated carbocycles. The Hall–Kier alpha value is -2.73. The number of carbonyl (C=O) groups excluding carboxylic acids is 1. The highest BCUT2D eigenvalue weighted by molar-refractivity contribution is 7.18. The van der Waals surface area contributed by atoms with Crippen molar-refractivity contribution in [3.8, 4) is 0 Å². The average Bonchev–Trinajstić information content (AvgIpc) is 3.16. The molecule has 0 radical (unpaired) electrons. The van der Waals surface area contributed by atoms with Gasteiger partial charge in [-0.25, -0.2) is 9.37 Å². The largest absolute Gasteiger partial charge is 0.358 e. The van der Waals surface area contributed by atoms with Crippen molar-refractivity contribution in [2.75, 3.05) is 6.54 Å². The summed E-state index contributed by atoms with van der Waals surface area (Å²) in [5, 5.41) is 4.72. The normalized spacial score (nSPS) is 11.3. The summed E-state index contributed by atoms with van der Waals surface area (Å²) >= 11 is 1.65. The van der Waals surface area contributed by atoms with E-state index in [1.54, 1.807) is 17.4 Å². The van der Waals surface area contributed by atoms with Crippen LogP contribution in [0.4, 0.5) is 4.39 Å². The maximum absolute atomic E-state index is 13.5. The van der Waals surface area contributed by atoms with Crippen LogP contribution >= 0.6 is 11.3 Å². The fraction of sp³-hybridized carbons (Fsp3) is 0.200. The van der Waals surface area contributed by atoms with Gasteiger partial charge in [0.15, 0.2) is 0 Å². The minimum Gasteiger partial charge on any atom is -0.358 e. The fourth-order valence-electron chi connectivity index (χ4n) is 3.14. The molecule has 0 aliphatic heterocycles. The molecule has 132 valence electrons. The van der Waals surface area contributed by atoms with Gasteiger partial charge in [-0.15, -0.1) is 11.3 Å². The number of para-hydroxylation sites is 1. The van der Waals surface area contributed by atoms with Crippen LogP contribution < -0.4 is 5.32 Å². The molecule has 0 saturated heterocycles. The summed E-state index contributed by atoms with van der Waals surface area (Å²) in [6, 6.07) is 12.6. The van der Waals surface area contributed by atoms with Gasteiger partial charge in [0, 0.05) is 29.6 Å². The van der Waals surface area contributed by atoms with Gasteiger partial charge in [-0.2, -0.15) is 0 Å². The standard InChI is InChI=1S/C20H18FN3OS/c1-12-14(15-10-13(21)6-7-16(15)23-12)11-19(25)22-9-8-20-24-17-4-2-3-5-18(17)26-20/h2-7,10,23H,8-9,11H2,1H3,(H,22,25). The molecule has 26 heavy (non-hydrogen) atoms. The number of fused-ring (bicyclic) bond motifs is 2. The van der Waals surface area contributed by atoms with Gasteiger partial charge in [0.1, 0.15) is 5.82 Å². The van der Waals surface area contributed by atoms with Crippen LogP contribution in [0.15, 0.2) is 42.5 Å². The second-order valence-corrected chi connectivity index (χ2v) is 7.39. The number of thiazole rings is 1. The van der Waals surface area contributed by atoms with Crippen LogP contribution in [-0.2, 0) is 17.6 Å². The lowest BCUT2D eigenvalue weighted by atomic mass is 10.1. The number of carbonyl (C=O) groups is 1. The van der Waals surface area contributed by atoms with E-state index in [0.717, 1.165) is 37.4 Å². The topological polar surface area (TPSA) is 57.8 Å². The van der Waals surface area contributed by atoms with Crippen molar-refractivity contribution in [1.29, 1.82) is 0 Å². The smallest absolute Gasteiger partial charge is 0.224 e. The Morgan fingerprint density at radius 2 is 2.12 bits per heavy atom. The van der Waals surface area contributed by atoms with Gasteiger partial charge in [-0.05, 0) is 42.8 Å². The van der Waals surface area contributed by atoms with E-state index in [-0.39, 0.29) is 18.1 Å². The van der Waals surface area contributed by atoms with Gasteiger partial charge < -0.3 is 10.3 Å². The van der Waals surface area contributed by atoms with Crippen LogP contribution in [-0.4, -0.2) is 22.4 Å². The molecular weight excluding hydrogens is 349 g/mol. The number of hydrogen-bond acceptors (Lipinski definition) is 3. The van der Waals surface area contributed by atoms with E-state index in [1.807, 2.05) is 31.2 Å². The molecule has 0 aliphatic rings. The predicted molar refractivity (Wildman–Crippen MR) is 103 cm³/mol. The number of nitrogens with zero attached hydrogens (tertiary/aromatic N) is 1. The third-order valence-electron chi connectivity index (χ3n) is 4.42. The van der Waals surface area contributed by atoms with Crippen molar-refractivity contribution in [2.24, 2.45) is 0 Å². The van der Waals surface area contributed by atoms with Crippen molar-refractivity contribution < 1.29 is 9.18 Å². The van der Waals surface area contributed by atoms with Gasteiger partial charge in [0.2, 0.25) is 5.91 Å². The zero-order chi connectivity index (χ0) is 18.1. The van der Waals surface area contributed by atoms with E-state index in [9.17, 15) is 9.18 Å². The van der Waals surface area contributed by atoms with Crippen LogP contribution in [0.5, 0.6) is 0 Å². The molecule has 4 rings (SSSR count). The maximum Gasteiger partial charge on any atom is 0.224 e. The van der Waals surface area contributed by atoms with Crippen molar-refractivity contribution in [1.82, 2.24) is 15.3 Å². The van der Waals surface area contributed by atoms with E-state index in [4.69, 9.17) is 0 Å². The number of amides is 1. The van der Waals surface area contributed by atoms with Crippen LogP contribution in [0.25, 0.3) is 21.1 Å². The molecule has 2 aromatic heterocycles. The Balaban J connectivity index is 1.40. The summed E-state index contributed by atoms with van der Waals surface area (Å²) < 4.78 is 14.7. The Morgan fingerprint density at radius 3 is 2.96 bits per heavy atom. The first-order valence-electron chi connectivity index (χ1n) is 8.48. The SMILES string of the molecule is Cc1[nH]c2ccc(F)cc2c1CC(=O)NCCc1nc2ccccc2s1. The van der Waals surface area contributed by atoms with Gasteiger partial charge in [-0.1, -0.05) is 12.1 Å². The van der Waals surface area contributed by atoms with Crippen molar-refractivity contribution >= 4 is 38.4 Å². The highest BCUT2D eigenvalue weighted by Crippen LogP contribution is 2.24. The van der Waals surface area contributed by atoms with E-state index in [2.05, 4.69) is 15.3 Å². The van der Waals surface area contributed by atoms with Crippen molar-refractivity contribution in [2.45, 2.75) is 19.8 Å². The molecule has 0 fully saturated rings. The number of halogens is 1. The first-order valence-corrected chi connectivity index (χ1v) is 9.29. The molecule has 0 aliphatic carbocycles. The number of aromatic amines is 1. The lowest BCUT2D eigenvalue weighted by Gasteiger charge is -2.04. The predicted octanol–water partition coefficient (Wildman–Crippen LogP) is 4.13. The van der Waals surface area contributed by atoms with E-state index in [1.165, 1.54) is 12.1 Å². The molecule has 1 amide bonds. The summed E-state index contributed by atoms with van der Waals surface area (Å²) in [6.45, 7) is 2.44. The molecule has 0 bridgehead atoms. The third kappa shape index (κ3) is 3.32. The number of aromatic nitrogens is 2. The molecule has 2 heterocycles. The first-order chi connectivity index (χ1) is 12.6. The molecule has 4 nitrogen and oxygen atoms in total. The Morgan fingerprint density at radius 1 is 1.27 bits per heavy atom. The van der Waals surface area contributed by atoms with Gasteiger partial charge in [-0.3, -0.25) is 4.79 Å². The minimum absolute atomic E-state index is 0.0700. The highest BCUT2D eigenvalue weighted by Gasteiger charge is 2.13. The summed E-state index contributed by atoms with van der Waals surface area (Å²) in [5.74, 6) is -0.367. The van der Waals surface area contributed by atoms with Gasteiger partial charge >= 0.3 is 0 Å². The van der Waals surface area contributed by atoms with E-state index in [0.29, 0.717) is 13.0 Å². The van der Waals surface area contributed by atoms with Gasteiger partial charge in [0.05, 0.1) is 21.6 Å². The van der Waals surface area contributed by atoms with Crippen molar-refractivity contribution in [3.05, 3.63) is 64.5 Å². The molecule has 2 aromatic carbocycles. The summed E-state index contributed by atoms with van der Waals surface area (Å²) in [7, 11) is 0. The number of aryl methyl sites for hydroxylation is 1. The quantitative estimate of drug-likeness (QED) is 0.557. The third-order valence-corrected chi connectivity index (χ3v) is 5.51. The minimum atomic E-state index is -0.297. The average molecular weight is 367 g/mol. The molecular formula is C20H18FN3OS. The Labute approximate surface area is 154 Å². The highest BCUT2D eigenvalue weighted by atomic mass is 32.1. The number of nitrogens with one attached hydrogen (secondary N) is 2. The maximum atomic E-state index is 13.5. The molecule has 4 aromatic rings.